The predicted octanol–water partition coefficient (Wildman–Crippen LogP) is 5.73. The zero-order valence-electron chi connectivity index (χ0n) is 22.3. The van der Waals surface area contributed by atoms with Gasteiger partial charge in [0.1, 0.15) is 6.10 Å². The minimum Gasteiger partial charge on any atom is -0.461 e. The number of nitrogens with two attached hydrogens (primary N) is 1. The van der Waals surface area contributed by atoms with Gasteiger partial charge >= 0.3 is 5.97 Å². The fourth-order valence-electron chi connectivity index (χ4n) is 10.6. The van der Waals surface area contributed by atoms with Crippen LogP contribution in [0.25, 0.3) is 0 Å². The quantitative estimate of drug-likeness (QED) is 0.481. The second-order valence-corrected chi connectivity index (χ2v) is 13.8. The van der Waals surface area contributed by atoms with Crippen molar-refractivity contribution in [2.24, 2.45) is 58.0 Å². The molecule has 1 spiro atoms. The highest BCUT2D eigenvalue weighted by molar-refractivity contribution is 5.85. The van der Waals surface area contributed by atoms with Gasteiger partial charge in [-0.1, -0.05) is 27.7 Å². The molecule has 2 saturated heterocycles. The summed E-state index contributed by atoms with van der Waals surface area (Å²) in [6.07, 6.45) is 12.6. The lowest BCUT2D eigenvalue weighted by Gasteiger charge is -2.61. The van der Waals surface area contributed by atoms with Crippen molar-refractivity contribution in [2.45, 2.75) is 110 Å². The molecule has 0 bridgehead atoms. The van der Waals surface area contributed by atoms with Crippen molar-refractivity contribution in [1.82, 2.24) is 0 Å². The van der Waals surface area contributed by atoms with Crippen LogP contribution in [-0.2, 0) is 19.0 Å². The van der Waals surface area contributed by atoms with Crippen LogP contribution in [0.2, 0.25) is 0 Å². The van der Waals surface area contributed by atoms with Crippen LogP contribution in [-0.4, -0.2) is 37.1 Å². The summed E-state index contributed by atoms with van der Waals surface area (Å²) in [5.41, 5.74) is 6.28. The molecule has 2 N–H and O–H groups in total. The summed E-state index contributed by atoms with van der Waals surface area (Å²) in [7, 11) is 0. The number of ether oxygens (including phenoxy) is 3. The summed E-state index contributed by atoms with van der Waals surface area (Å²) in [5, 5.41) is 0. The molecule has 4 saturated carbocycles. The molecule has 6 fully saturated rings. The van der Waals surface area contributed by atoms with E-state index in [0.29, 0.717) is 40.6 Å². The van der Waals surface area contributed by atoms with Crippen molar-refractivity contribution in [3.8, 4) is 0 Å². The number of carbonyl (C=O) groups excluding carboxylic acids is 1. The normalized spacial score (nSPS) is 54.7. The van der Waals surface area contributed by atoms with Crippen molar-refractivity contribution in [1.29, 1.82) is 0 Å². The predicted molar refractivity (Wildman–Crippen MR) is 138 cm³/mol. The molecular weight excluding hydrogens is 462 g/mol. The average Bonchev–Trinajstić information content (AvgIpc) is 3.26. The third-order valence-corrected chi connectivity index (χ3v) is 12.3. The van der Waals surface area contributed by atoms with E-state index in [-0.39, 0.29) is 36.8 Å². The van der Waals surface area contributed by atoms with Crippen LogP contribution in [0.5, 0.6) is 0 Å². The first kappa shape index (κ1) is 26.3. The van der Waals surface area contributed by atoms with Gasteiger partial charge in [0.15, 0.2) is 5.79 Å². The molecule has 12 atom stereocenters. The molecule has 6 heteroatoms. The van der Waals surface area contributed by atoms with Crippen LogP contribution in [0.4, 0.5) is 0 Å². The van der Waals surface area contributed by atoms with E-state index in [1.54, 1.807) is 0 Å². The van der Waals surface area contributed by atoms with Crippen molar-refractivity contribution in [3.63, 3.8) is 0 Å². The summed E-state index contributed by atoms with van der Waals surface area (Å²) in [6, 6.07) is 0. The highest BCUT2D eigenvalue weighted by atomic mass is 35.5. The van der Waals surface area contributed by atoms with Crippen molar-refractivity contribution >= 4 is 18.4 Å². The van der Waals surface area contributed by atoms with E-state index in [0.717, 1.165) is 43.6 Å². The van der Waals surface area contributed by atoms with E-state index in [1.165, 1.54) is 44.9 Å². The number of halogens is 1. The fraction of sp³-hybridized carbons (Fsp3) is 0.966. The van der Waals surface area contributed by atoms with Crippen LogP contribution >= 0.6 is 12.4 Å². The highest BCUT2D eigenvalue weighted by Crippen LogP contribution is 2.71. The van der Waals surface area contributed by atoms with E-state index in [9.17, 15) is 4.79 Å². The van der Waals surface area contributed by atoms with Gasteiger partial charge in [-0.05, 0) is 104 Å². The lowest BCUT2D eigenvalue weighted by atomic mass is 9.44. The number of carbonyl (C=O) groups is 1. The molecule has 35 heavy (non-hydrogen) atoms. The zero-order chi connectivity index (χ0) is 23.9. The summed E-state index contributed by atoms with van der Waals surface area (Å²) in [4.78, 5) is 11.8. The number of rotatable bonds is 2. The summed E-state index contributed by atoms with van der Waals surface area (Å²) in [5.74, 6) is 4.35. The Kier molecular flexibility index (Phi) is 6.85. The van der Waals surface area contributed by atoms with E-state index in [2.05, 4.69) is 27.7 Å². The van der Waals surface area contributed by atoms with Gasteiger partial charge in [0.05, 0.1) is 19.3 Å². The van der Waals surface area contributed by atoms with Crippen LogP contribution < -0.4 is 5.73 Å². The van der Waals surface area contributed by atoms with Crippen LogP contribution in [0.1, 0.15) is 91.9 Å². The molecule has 4 aliphatic carbocycles. The maximum atomic E-state index is 11.8. The Morgan fingerprint density at radius 3 is 2.46 bits per heavy atom. The van der Waals surface area contributed by atoms with E-state index < -0.39 is 0 Å². The maximum absolute atomic E-state index is 11.8. The van der Waals surface area contributed by atoms with Gasteiger partial charge in [-0.2, -0.15) is 0 Å². The van der Waals surface area contributed by atoms with E-state index in [4.69, 9.17) is 19.9 Å². The van der Waals surface area contributed by atoms with Crippen LogP contribution in [0.3, 0.4) is 0 Å². The highest BCUT2D eigenvalue weighted by Gasteiger charge is 2.69. The molecule has 0 aromatic carbocycles. The van der Waals surface area contributed by atoms with E-state index in [1.807, 2.05) is 0 Å². The molecule has 5 nitrogen and oxygen atoms in total. The molecule has 0 aromatic rings. The lowest BCUT2D eigenvalue weighted by Crippen LogP contribution is -2.55. The van der Waals surface area contributed by atoms with Gasteiger partial charge in [0, 0.05) is 12.3 Å². The molecule has 2 heterocycles. The molecule has 0 amide bonds. The first-order chi connectivity index (χ1) is 16.2. The fourth-order valence-corrected chi connectivity index (χ4v) is 10.6. The summed E-state index contributed by atoms with van der Waals surface area (Å²) >= 11 is 0. The Labute approximate surface area is 218 Å². The molecule has 6 rings (SSSR count). The second kappa shape index (κ2) is 9.13. The van der Waals surface area contributed by atoms with Crippen LogP contribution in [0, 0.1) is 52.3 Å². The third kappa shape index (κ3) is 3.84. The molecule has 0 radical (unpaired) electrons. The monoisotopic (exact) mass is 509 g/mol. The van der Waals surface area contributed by atoms with Gasteiger partial charge < -0.3 is 19.9 Å². The zero-order valence-corrected chi connectivity index (χ0v) is 23.1. The van der Waals surface area contributed by atoms with Crippen LogP contribution in [0.15, 0.2) is 0 Å². The molecule has 6 aliphatic rings. The molecule has 2 aliphatic heterocycles. The van der Waals surface area contributed by atoms with Crippen molar-refractivity contribution in [2.75, 3.05) is 13.2 Å². The maximum Gasteiger partial charge on any atom is 0.319 e. The summed E-state index contributed by atoms with van der Waals surface area (Å²) < 4.78 is 19.1. The Morgan fingerprint density at radius 2 is 1.74 bits per heavy atom. The number of hydrogen-bond donors (Lipinski definition) is 1. The van der Waals surface area contributed by atoms with Crippen molar-refractivity contribution in [3.05, 3.63) is 0 Å². The molecular formula is C29H48ClNO4. The molecule has 200 valence electrons. The number of hydrogen-bond acceptors (Lipinski definition) is 5. The SMILES string of the molecule is C[C@H]1CC[C@@]2(OC1)O[C@H]1C[C@H]3[C@@H]4CC[C@@H]5C[C@@H](OC(=O)CN)CC[C@]5(C)[C@H]4CC[C@]3(C)[C@H]1[C@@H]2C.Cl. The van der Waals surface area contributed by atoms with Gasteiger partial charge in [0.25, 0.3) is 0 Å². The Bertz CT molecular complexity index is 815. The summed E-state index contributed by atoms with van der Waals surface area (Å²) in [6.45, 7) is 10.8. The minimum atomic E-state index is -0.310. The lowest BCUT2D eigenvalue weighted by molar-refractivity contribution is -0.273. The van der Waals surface area contributed by atoms with Gasteiger partial charge in [0.2, 0.25) is 0 Å². The van der Waals surface area contributed by atoms with E-state index >= 15 is 0 Å². The van der Waals surface area contributed by atoms with Gasteiger partial charge in [-0.3, -0.25) is 4.79 Å². The first-order valence-electron chi connectivity index (χ1n) is 14.4. The molecule has 0 aromatic heterocycles. The topological polar surface area (TPSA) is 70.8 Å². The van der Waals surface area contributed by atoms with Gasteiger partial charge in [-0.15, -0.1) is 12.4 Å². The minimum absolute atomic E-state index is 0. The standard InChI is InChI=1S/C29H47NO4.ClH/c1-17-7-12-29(32-16-17)18(2)26-24(34-29)14-23-21-6-5-19-13-20(33-25(31)15-30)8-10-27(19,3)22(21)9-11-28(23,26)4;/h17-24,26H,5-16,30H2,1-4H3;1H/t17-,18-,19+,20-,21+,22-,23-,24-,26-,27-,28-,29+;/m0./s1. The Hall–Kier alpha value is -0.360. The first-order valence-corrected chi connectivity index (χ1v) is 14.4. The Morgan fingerprint density at radius 1 is 0.971 bits per heavy atom. The molecule has 0 unspecified atom stereocenters. The number of esters is 1. The Balaban J connectivity index is 0.00000253. The largest absolute Gasteiger partial charge is 0.461 e. The smallest absolute Gasteiger partial charge is 0.319 e. The number of fused-ring (bicyclic) bond motifs is 7. The third-order valence-electron chi connectivity index (χ3n) is 12.3. The second-order valence-electron chi connectivity index (χ2n) is 13.8. The average molecular weight is 510 g/mol. The van der Waals surface area contributed by atoms with Gasteiger partial charge in [-0.25, -0.2) is 0 Å². The van der Waals surface area contributed by atoms with Crippen molar-refractivity contribution < 1.29 is 19.0 Å².